The highest BCUT2D eigenvalue weighted by molar-refractivity contribution is 5.93. The maximum atomic E-state index is 12.4. The van der Waals surface area contributed by atoms with Crippen molar-refractivity contribution in [3.8, 4) is 0 Å². The first-order valence-electron chi connectivity index (χ1n) is 8.40. The number of rotatable bonds is 5. The first-order chi connectivity index (χ1) is 11.9. The largest absolute Gasteiger partial charge is 0.374 e. The van der Waals surface area contributed by atoms with Crippen molar-refractivity contribution in [3.63, 3.8) is 0 Å². The van der Waals surface area contributed by atoms with Crippen LogP contribution in [0.25, 0.3) is 0 Å². The van der Waals surface area contributed by atoms with Gasteiger partial charge >= 0.3 is 0 Å². The van der Waals surface area contributed by atoms with Gasteiger partial charge in [0, 0.05) is 19.2 Å². The number of hydrogen-bond acceptors (Lipinski definition) is 7. The molecule has 2 aromatic heterocycles. The molecule has 3 heterocycles. The molecular weight excluding hydrogens is 324 g/mol. The fourth-order valence-electron chi connectivity index (χ4n) is 2.95. The van der Waals surface area contributed by atoms with Crippen LogP contribution in [0.3, 0.4) is 0 Å². The highest BCUT2D eigenvalue weighted by Gasteiger charge is 2.29. The number of carbonyl (C=O) groups excluding carboxylic acids is 1. The molecule has 1 amide bonds. The van der Waals surface area contributed by atoms with Gasteiger partial charge in [-0.25, -0.2) is 9.67 Å². The van der Waals surface area contributed by atoms with Crippen LogP contribution in [0.4, 0.5) is 5.88 Å². The Labute approximate surface area is 146 Å². The van der Waals surface area contributed by atoms with Gasteiger partial charge in [-0.2, -0.15) is 5.10 Å². The Morgan fingerprint density at radius 1 is 1.44 bits per heavy atom. The smallest absolute Gasteiger partial charge is 0.243 e. The third-order valence-electron chi connectivity index (χ3n) is 4.31. The van der Waals surface area contributed by atoms with E-state index < -0.39 is 0 Å². The van der Waals surface area contributed by atoms with Crippen molar-refractivity contribution in [1.82, 2.24) is 24.8 Å². The summed E-state index contributed by atoms with van der Waals surface area (Å²) >= 11 is 0. The number of carbonyl (C=O) groups is 1. The monoisotopic (exact) mass is 348 g/mol. The van der Waals surface area contributed by atoms with Crippen LogP contribution in [0.5, 0.6) is 0 Å². The molecule has 1 aliphatic rings. The van der Waals surface area contributed by atoms with Crippen LogP contribution in [0, 0.1) is 20.8 Å². The van der Waals surface area contributed by atoms with E-state index in [9.17, 15) is 4.79 Å². The molecule has 0 aromatic carbocycles. The number of hydrogen-bond donors (Lipinski definition) is 1. The van der Waals surface area contributed by atoms with Gasteiger partial charge < -0.3 is 9.26 Å². The quantitative estimate of drug-likeness (QED) is 0.858. The Bertz CT molecular complexity index is 740. The lowest BCUT2D eigenvalue weighted by molar-refractivity contribution is -0.124. The van der Waals surface area contributed by atoms with E-state index in [-0.39, 0.29) is 18.1 Å². The van der Waals surface area contributed by atoms with Gasteiger partial charge in [-0.3, -0.25) is 15.0 Å². The van der Waals surface area contributed by atoms with Crippen LogP contribution >= 0.6 is 0 Å². The molecule has 1 fully saturated rings. The normalized spacial score (nSPS) is 19.8. The number of amides is 1. The zero-order valence-electron chi connectivity index (χ0n) is 15.0. The van der Waals surface area contributed by atoms with Crippen molar-refractivity contribution in [2.45, 2.75) is 46.4 Å². The van der Waals surface area contributed by atoms with Gasteiger partial charge in [-0.15, -0.1) is 0 Å². The summed E-state index contributed by atoms with van der Waals surface area (Å²) in [5, 5.41) is 10.9. The maximum Gasteiger partial charge on any atom is 0.243 e. The summed E-state index contributed by atoms with van der Waals surface area (Å²) in [6, 6.07) is 1.40. The van der Waals surface area contributed by atoms with E-state index >= 15 is 0 Å². The molecule has 2 unspecified atom stereocenters. The van der Waals surface area contributed by atoms with Crippen LogP contribution in [-0.4, -0.2) is 62.6 Å². The molecule has 9 heteroatoms. The van der Waals surface area contributed by atoms with Crippen molar-refractivity contribution in [1.29, 1.82) is 0 Å². The van der Waals surface area contributed by atoms with Crippen LogP contribution < -0.4 is 5.32 Å². The number of nitrogens with one attached hydrogen (secondary N) is 1. The molecule has 0 saturated carbocycles. The van der Waals surface area contributed by atoms with Gasteiger partial charge in [-0.1, -0.05) is 5.16 Å². The predicted octanol–water partition coefficient (Wildman–Crippen LogP) is 0.919. The highest BCUT2D eigenvalue weighted by Crippen LogP contribution is 2.14. The van der Waals surface area contributed by atoms with Crippen LogP contribution in [0.15, 0.2) is 10.6 Å². The van der Waals surface area contributed by atoms with Gasteiger partial charge in [-0.05, 0) is 27.7 Å². The third kappa shape index (κ3) is 4.23. The number of aromatic nitrogens is 4. The second kappa shape index (κ2) is 7.32. The van der Waals surface area contributed by atoms with Crippen molar-refractivity contribution in [3.05, 3.63) is 23.4 Å². The molecular formula is C16H24N6O3. The lowest BCUT2D eigenvalue weighted by Crippen LogP contribution is -2.51. The molecule has 0 aliphatic carbocycles. The molecule has 25 heavy (non-hydrogen) atoms. The minimum absolute atomic E-state index is 0.0312. The van der Waals surface area contributed by atoms with Crippen LogP contribution in [0.1, 0.15) is 24.3 Å². The Morgan fingerprint density at radius 3 is 2.88 bits per heavy atom. The average Bonchev–Trinajstić information content (AvgIpc) is 3.11. The Hall–Kier alpha value is -2.26. The van der Waals surface area contributed by atoms with Crippen LogP contribution in [0.2, 0.25) is 0 Å². The maximum absolute atomic E-state index is 12.4. The molecule has 3 rings (SSSR count). The van der Waals surface area contributed by atoms with E-state index in [0.717, 1.165) is 17.3 Å². The van der Waals surface area contributed by atoms with Crippen molar-refractivity contribution >= 4 is 11.8 Å². The first kappa shape index (κ1) is 17.6. The van der Waals surface area contributed by atoms with Gasteiger partial charge in [0.15, 0.2) is 0 Å². The summed E-state index contributed by atoms with van der Waals surface area (Å²) < 4.78 is 12.7. The van der Waals surface area contributed by atoms with Crippen molar-refractivity contribution in [2.75, 3.05) is 25.0 Å². The second-order valence-electron chi connectivity index (χ2n) is 6.37. The van der Waals surface area contributed by atoms with E-state index in [2.05, 4.69) is 25.5 Å². The van der Waals surface area contributed by atoms with Crippen LogP contribution in [-0.2, 0) is 16.1 Å². The minimum Gasteiger partial charge on any atom is -0.374 e. The Kier molecular flexibility index (Phi) is 5.14. The lowest BCUT2D eigenvalue weighted by atomic mass is 10.2. The SMILES string of the molecule is Cc1cc(NC(=O)C(C)N2CCOC(Cn3nc(C)nc3C)C2)on1. The molecule has 0 bridgehead atoms. The van der Waals surface area contributed by atoms with E-state index in [1.165, 1.54) is 0 Å². The first-order valence-corrected chi connectivity index (χ1v) is 8.40. The topological polar surface area (TPSA) is 98.3 Å². The van der Waals surface area contributed by atoms with Crippen molar-refractivity contribution in [2.24, 2.45) is 0 Å². The third-order valence-corrected chi connectivity index (χ3v) is 4.31. The fraction of sp³-hybridized carbons (Fsp3) is 0.625. The van der Waals surface area contributed by atoms with Gasteiger partial charge in [0.25, 0.3) is 0 Å². The summed E-state index contributed by atoms with van der Waals surface area (Å²) in [5.74, 6) is 1.86. The summed E-state index contributed by atoms with van der Waals surface area (Å²) in [6.45, 7) is 10.0. The molecule has 2 atom stereocenters. The zero-order chi connectivity index (χ0) is 18.0. The highest BCUT2D eigenvalue weighted by atomic mass is 16.5. The molecule has 1 aliphatic heterocycles. The fourth-order valence-corrected chi connectivity index (χ4v) is 2.95. The van der Waals surface area contributed by atoms with Crippen molar-refractivity contribution < 1.29 is 14.1 Å². The number of aryl methyl sites for hydroxylation is 3. The van der Waals surface area contributed by atoms with Gasteiger partial charge in [0.1, 0.15) is 11.6 Å². The average molecular weight is 348 g/mol. The number of morpholine rings is 1. The molecule has 1 N–H and O–H groups in total. The summed E-state index contributed by atoms with van der Waals surface area (Å²) in [7, 11) is 0. The molecule has 2 aromatic rings. The predicted molar refractivity (Wildman–Crippen MR) is 90.1 cm³/mol. The number of ether oxygens (including phenoxy) is 1. The number of anilines is 1. The molecule has 0 radical (unpaired) electrons. The molecule has 1 saturated heterocycles. The minimum atomic E-state index is -0.296. The Morgan fingerprint density at radius 2 is 2.24 bits per heavy atom. The van der Waals surface area contributed by atoms with Gasteiger partial charge in [0.05, 0.1) is 31.0 Å². The van der Waals surface area contributed by atoms with E-state index in [1.54, 1.807) is 6.07 Å². The van der Waals surface area contributed by atoms with E-state index in [4.69, 9.17) is 9.26 Å². The molecule has 9 nitrogen and oxygen atoms in total. The standard InChI is InChI=1S/C16H24N6O3/c1-10-7-15(25-20-10)18-16(23)11(2)21-5-6-24-14(8-21)9-22-13(4)17-12(3)19-22/h7,11,14H,5-6,8-9H2,1-4H3,(H,18,23). The lowest BCUT2D eigenvalue weighted by Gasteiger charge is -2.36. The Balaban J connectivity index is 1.58. The van der Waals surface area contributed by atoms with E-state index in [1.807, 2.05) is 32.4 Å². The van der Waals surface area contributed by atoms with E-state index in [0.29, 0.717) is 32.1 Å². The summed E-state index contributed by atoms with van der Waals surface area (Å²) in [5.41, 5.74) is 0.730. The second-order valence-corrected chi connectivity index (χ2v) is 6.37. The summed E-state index contributed by atoms with van der Waals surface area (Å²) in [4.78, 5) is 18.8. The number of nitrogens with zero attached hydrogens (tertiary/aromatic N) is 5. The molecule has 136 valence electrons. The summed E-state index contributed by atoms with van der Waals surface area (Å²) in [6.07, 6.45) is -0.0312. The molecule has 0 spiro atoms. The van der Waals surface area contributed by atoms with Gasteiger partial charge in [0.2, 0.25) is 11.8 Å². The zero-order valence-corrected chi connectivity index (χ0v) is 15.0.